The van der Waals surface area contributed by atoms with Gasteiger partial charge in [-0.1, -0.05) is 23.2 Å². The molecule has 4 nitrogen and oxygen atoms in total. The molecule has 0 unspecified atom stereocenters. The van der Waals surface area contributed by atoms with E-state index in [0.717, 1.165) is 5.56 Å². The molecule has 3 aromatic rings. The Labute approximate surface area is 159 Å². The number of carbonyl (C=O) groups excluding carboxylic acids is 1. The number of carbonyl (C=O) groups is 1. The molecular formula is C19H15Cl2FN2O2. The van der Waals surface area contributed by atoms with Crippen molar-refractivity contribution in [3.05, 3.63) is 63.5 Å². The van der Waals surface area contributed by atoms with E-state index in [9.17, 15) is 9.18 Å². The van der Waals surface area contributed by atoms with E-state index in [1.807, 2.05) is 6.92 Å². The van der Waals surface area contributed by atoms with Crippen LogP contribution >= 0.6 is 23.2 Å². The summed E-state index contributed by atoms with van der Waals surface area (Å²) in [6.45, 7) is 3.81. The molecule has 0 amide bonds. The highest BCUT2D eigenvalue weighted by Crippen LogP contribution is 2.34. The van der Waals surface area contributed by atoms with Crippen LogP contribution in [-0.2, 0) is 4.74 Å². The molecule has 0 spiro atoms. The lowest BCUT2D eigenvalue weighted by molar-refractivity contribution is 0.0527. The van der Waals surface area contributed by atoms with Gasteiger partial charge in [-0.2, -0.15) is 0 Å². The molecule has 0 saturated heterocycles. The predicted octanol–water partition coefficient (Wildman–Crippen LogP) is 5.91. The van der Waals surface area contributed by atoms with Crippen LogP contribution in [0, 0.1) is 12.7 Å². The zero-order chi connectivity index (χ0) is 18.8. The molecule has 0 radical (unpaired) electrons. The Morgan fingerprint density at radius 2 is 2.00 bits per heavy atom. The minimum absolute atomic E-state index is 0.0229. The van der Waals surface area contributed by atoms with Crippen LogP contribution in [0.2, 0.25) is 10.0 Å². The van der Waals surface area contributed by atoms with Crippen molar-refractivity contribution in [3.8, 4) is 0 Å². The second-order valence-electron chi connectivity index (χ2n) is 5.59. The van der Waals surface area contributed by atoms with Gasteiger partial charge in [0.1, 0.15) is 11.4 Å². The van der Waals surface area contributed by atoms with E-state index >= 15 is 0 Å². The summed E-state index contributed by atoms with van der Waals surface area (Å²) in [6.07, 6.45) is 1.44. The molecule has 1 N–H and O–H groups in total. The summed E-state index contributed by atoms with van der Waals surface area (Å²) >= 11 is 12.0. The van der Waals surface area contributed by atoms with E-state index < -0.39 is 11.8 Å². The van der Waals surface area contributed by atoms with Gasteiger partial charge in [-0.15, -0.1) is 0 Å². The molecule has 1 aromatic heterocycles. The molecule has 0 aliphatic carbocycles. The highest BCUT2D eigenvalue weighted by Gasteiger charge is 2.18. The summed E-state index contributed by atoms with van der Waals surface area (Å²) in [4.78, 5) is 16.7. The first kappa shape index (κ1) is 18.4. The highest BCUT2D eigenvalue weighted by atomic mass is 35.5. The normalized spacial score (nSPS) is 10.8. The van der Waals surface area contributed by atoms with Gasteiger partial charge in [0, 0.05) is 22.3 Å². The first-order chi connectivity index (χ1) is 12.4. The highest BCUT2D eigenvalue weighted by molar-refractivity contribution is 6.32. The Kier molecular flexibility index (Phi) is 5.30. The number of rotatable bonds is 4. The Morgan fingerprint density at radius 3 is 2.69 bits per heavy atom. The van der Waals surface area contributed by atoms with Crippen LogP contribution in [0.25, 0.3) is 10.9 Å². The maximum atomic E-state index is 13.4. The van der Waals surface area contributed by atoms with Crippen molar-refractivity contribution in [2.24, 2.45) is 0 Å². The number of esters is 1. The van der Waals surface area contributed by atoms with Crippen molar-refractivity contribution < 1.29 is 13.9 Å². The molecule has 0 fully saturated rings. The van der Waals surface area contributed by atoms with Crippen LogP contribution in [0.15, 0.2) is 36.5 Å². The summed E-state index contributed by atoms with van der Waals surface area (Å²) in [5, 5.41) is 4.38. The second kappa shape index (κ2) is 7.48. The third kappa shape index (κ3) is 3.45. The number of anilines is 2. The molecule has 0 aliphatic rings. The lowest BCUT2D eigenvalue weighted by Crippen LogP contribution is -2.09. The van der Waals surface area contributed by atoms with E-state index in [0.29, 0.717) is 27.3 Å². The molecular weight excluding hydrogens is 378 g/mol. The standard InChI is InChI=1S/C19H15Cl2FN2O2/c1-3-26-19(25)13-9-23-17-10(2)14(20)6-5-12(17)18(13)24-11-4-7-16(22)15(21)8-11/h4-9H,3H2,1-2H3,(H,23,24). The van der Waals surface area contributed by atoms with Gasteiger partial charge in [-0.05, 0) is 49.7 Å². The predicted molar refractivity (Wildman–Crippen MR) is 102 cm³/mol. The third-order valence-corrected chi connectivity index (χ3v) is 4.61. The molecule has 7 heteroatoms. The van der Waals surface area contributed by atoms with Crippen molar-refractivity contribution in [2.75, 3.05) is 11.9 Å². The zero-order valence-electron chi connectivity index (χ0n) is 14.1. The number of nitrogens with zero attached hydrogens (tertiary/aromatic N) is 1. The lowest BCUT2D eigenvalue weighted by atomic mass is 10.1. The van der Waals surface area contributed by atoms with Crippen LogP contribution in [0.3, 0.4) is 0 Å². The molecule has 0 aliphatic heterocycles. The van der Waals surface area contributed by atoms with Crippen molar-refractivity contribution in [2.45, 2.75) is 13.8 Å². The van der Waals surface area contributed by atoms with Gasteiger partial charge in [0.2, 0.25) is 0 Å². The van der Waals surface area contributed by atoms with Crippen molar-refractivity contribution >= 4 is 51.4 Å². The number of pyridine rings is 1. The monoisotopic (exact) mass is 392 g/mol. The average Bonchev–Trinajstić information content (AvgIpc) is 2.61. The third-order valence-electron chi connectivity index (χ3n) is 3.91. The largest absolute Gasteiger partial charge is 0.462 e. The summed E-state index contributed by atoms with van der Waals surface area (Å²) in [7, 11) is 0. The first-order valence-corrected chi connectivity index (χ1v) is 8.65. The first-order valence-electron chi connectivity index (χ1n) is 7.89. The van der Waals surface area contributed by atoms with E-state index in [1.54, 1.807) is 19.1 Å². The maximum Gasteiger partial charge on any atom is 0.341 e. The van der Waals surface area contributed by atoms with E-state index in [-0.39, 0.29) is 17.2 Å². The number of benzene rings is 2. The number of fused-ring (bicyclic) bond motifs is 1. The Hall–Kier alpha value is -2.37. The molecule has 2 aromatic carbocycles. The van der Waals surface area contributed by atoms with Crippen molar-refractivity contribution in [1.82, 2.24) is 4.98 Å². The molecule has 26 heavy (non-hydrogen) atoms. The van der Waals surface area contributed by atoms with Gasteiger partial charge in [-0.25, -0.2) is 9.18 Å². The number of halogens is 3. The van der Waals surface area contributed by atoms with Crippen LogP contribution in [0.5, 0.6) is 0 Å². The molecule has 3 rings (SSSR count). The van der Waals surface area contributed by atoms with Gasteiger partial charge in [0.05, 0.1) is 22.8 Å². The Bertz CT molecular complexity index is 1010. The van der Waals surface area contributed by atoms with Gasteiger partial charge in [-0.3, -0.25) is 4.98 Å². The van der Waals surface area contributed by atoms with E-state index in [4.69, 9.17) is 27.9 Å². The number of hydrogen-bond acceptors (Lipinski definition) is 4. The number of ether oxygens (including phenoxy) is 1. The van der Waals surface area contributed by atoms with Crippen molar-refractivity contribution in [1.29, 1.82) is 0 Å². The number of aryl methyl sites for hydroxylation is 1. The van der Waals surface area contributed by atoms with Crippen LogP contribution in [-0.4, -0.2) is 17.6 Å². The van der Waals surface area contributed by atoms with E-state index in [2.05, 4.69) is 10.3 Å². The SMILES string of the molecule is CCOC(=O)c1cnc2c(C)c(Cl)ccc2c1Nc1ccc(F)c(Cl)c1. The topological polar surface area (TPSA) is 51.2 Å². The van der Waals surface area contributed by atoms with Gasteiger partial charge >= 0.3 is 5.97 Å². The summed E-state index contributed by atoms with van der Waals surface area (Å²) in [5.74, 6) is -1.03. The Balaban J connectivity index is 2.20. The van der Waals surface area contributed by atoms with Crippen LogP contribution in [0.4, 0.5) is 15.8 Å². The fraction of sp³-hybridized carbons (Fsp3) is 0.158. The lowest BCUT2D eigenvalue weighted by Gasteiger charge is -2.15. The smallest absolute Gasteiger partial charge is 0.341 e. The number of nitrogens with one attached hydrogen (secondary N) is 1. The van der Waals surface area contributed by atoms with Crippen LogP contribution in [0.1, 0.15) is 22.8 Å². The summed E-state index contributed by atoms with van der Waals surface area (Å²) < 4.78 is 18.6. The van der Waals surface area contributed by atoms with Gasteiger partial charge in [0.15, 0.2) is 0 Å². The quantitative estimate of drug-likeness (QED) is 0.560. The fourth-order valence-electron chi connectivity index (χ4n) is 2.60. The minimum atomic E-state index is -0.523. The molecule has 0 atom stereocenters. The van der Waals surface area contributed by atoms with Gasteiger partial charge in [0.25, 0.3) is 0 Å². The molecule has 1 heterocycles. The molecule has 0 bridgehead atoms. The van der Waals surface area contributed by atoms with E-state index in [1.165, 1.54) is 24.4 Å². The fourth-order valence-corrected chi connectivity index (χ4v) is 2.93. The molecule has 0 saturated carbocycles. The average molecular weight is 393 g/mol. The maximum absolute atomic E-state index is 13.4. The van der Waals surface area contributed by atoms with Crippen LogP contribution < -0.4 is 5.32 Å². The number of hydrogen-bond donors (Lipinski definition) is 1. The molecule has 134 valence electrons. The summed E-state index contributed by atoms with van der Waals surface area (Å²) in [6, 6.07) is 7.73. The van der Waals surface area contributed by atoms with Gasteiger partial charge < -0.3 is 10.1 Å². The zero-order valence-corrected chi connectivity index (χ0v) is 15.6. The summed E-state index contributed by atoms with van der Waals surface area (Å²) in [5.41, 5.74) is 2.74. The second-order valence-corrected chi connectivity index (χ2v) is 6.40. The number of aromatic nitrogens is 1. The minimum Gasteiger partial charge on any atom is -0.462 e. The Morgan fingerprint density at radius 1 is 1.23 bits per heavy atom. The van der Waals surface area contributed by atoms with Crippen molar-refractivity contribution in [3.63, 3.8) is 0 Å².